The minimum atomic E-state index is -4.59. The molecule has 3 unspecified atom stereocenters. The molecule has 364 valence electrons. The summed E-state index contributed by atoms with van der Waals surface area (Å²) in [4.78, 5) is 25.4. The van der Waals surface area contributed by atoms with Crippen molar-refractivity contribution in [3.8, 4) is 0 Å². The van der Waals surface area contributed by atoms with Gasteiger partial charge in [0.05, 0.1) is 39.9 Å². The monoisotopic (exact) mass is 885 g/mol. The second-order valence-electron chi connectivity index (χ2n) is 19.6. The predicted octanol–water partition coefficient (Wildman–Crippen LogP) is 14.8. The van der Waals surface area contributed by atoms with Gasteiger partial charge in [0.25, 0.3) is 7.82 Å². The maximum atomic E-state index is 12.9. The average Bonchev–Trinajstić information content (AvgIpc) is 3.21. The Bertz CT molecular complexity index is 1000. The van der Waals surface area contributed by atoms with E-state index in [0.29, 0.717) is 17.4 Å². The molecule has 1 amide bonds. The lowest BCUT2D eigenvalue weighted by molar-refractivity contribution is -0.870. The zero-order valence-corrected chi connectivity index (χ0v) is 42.3. The fraction of sp³-hybridized carbons (Fsp3) is 0.942. The molecule has 0 aromatic rings. The van der Waals surface area contributed by atoms with Crippen LogP contribution in [0.3, 0.4) is 0 Å². The number of phosphoric ester groups is 1. The van der Waals surface area contributed by atoms with Gasteiger partial charge in [-0.25, -0.2) is 0 Å². The van der Waals surface area contributed by atoms with E-state index in [1.54, 1.807) is 6.08 Å². The van der Waals surface area contributed by atoms with E-state index < -0.39 is 20.0 Å². The van der Waals surface area contributed by atoms with E-state index in [4.69, 9.17) is 9.05 Å². The van der Waals surface area contributed by atoms with Gasteiger partial charge in [0.15, 0.2) is 0 Å². The number of aliphatic hydroxyl groups is 1. The number of aliphatic hydroxyl groups excluding tert-OH is 1. The van der Waals surface area contributed by atoms with Gasteiger partial charge in [-0.15, -0.1) is 0 Å². The summed E-state index contributed by atoms with van der Waals surface area (Å²) in [5, 5.41) is 13.9. The van der Waals surface area contributed by atoms with Gasteiger partial charge in [-0.2, -0.15) is 0 Å². The van der Waals surface area contributed by atoms with Crippen LogP contribution in [-0.4, -0.2) is 68.5 Å². The van der Waals surface area contributed by atoms with Crippen molar-refractivity contribution in [2.45, 2.75) is 276 Å². The van der Waals surface area contributed by atoms with E-state index in [1.807, 2.05) is 27.2 Å². The number of quaternary nitrogens is 1. The number of unbranched alkanes of at least 4 members (excludes halogenated alkanes) is 36. The minimum absolute atomic E-state index is 0.00254. The van der Waals surface area contributed by atoms with Crippen LogP contribution in [-0.2, 0) is 18.4 Å². The fourth-order valence-corrected chi connectivity index (χ4v) is 8.76. The Morgan fingerprint density at radius 2 is 0.885 bits per heavy atom. The molecule has 61 heavy (non-hydrogen) atoms. The van der Waals surface area contributed by atoms with Crippen molar-refractivity contribution in [1.82, 2.24) is 5.32 Å². The van der Waals surface area contributed by atoms with E-state index in [-0.39, 0.29) is 19.1 Å². The number of hydrogen-bond donors (Lipinski definition) is 2. The van der Waals surface area contributed by atoms with Gasteiger partial charge < -0.3 is 28.8 Å². The Morgan fingerprint density at radius 1 is 0.557 bits per heavy atom. The molecule has 0 rings (SSSR count). The lowest BCUT2D eigenvalue weighted by atomic mass is 10.0. The second kappa shape index (κ2) is 44.4. The van der Waals surface area contributed by atoms with Gasteiger partial charge >= 0.3 is 0 Å². The summed E-state index contributed by atoms with van der Waals surface area (Å²) in [5.74, 6) is -0.191. The van der Waals surface area contributed by atoms with Gasteiger partial charge in [-0.1, -0.05) is 251 Å². The van der Waals surface area contributed by atoms with Crippen molar-refractivity contribution >= 4 is 13.7 Å². The van der Waals surface area contributed by atoms with Crippen LogP contribution < -0.4 is 10.2 Å². The van der Waals surface area contributed by atoms with Crippen molar-refractivity contribution in [2.75, 3.05) is 40.9 Å². The van der Waals surface area contributed by atoms with E-state index in [0.717, 1.165) is 38.5 Å². The standard InChI is InChI=1S/C52H105N2O6P/c1-6-8-10-12-14-16-18-20-22-24-26-28-30-32-34-36-38-40-42-44-46-52(56)53-50(49-60-61(57,58)59-48-47-54(3,4)5)51(55)45-43-41-39-37-35-33-31-29-27-25-23-21-19-17-15-13-11-9-7-2/h43,45,50-51,55H,6-42,44,46-49H2,1-5H3,(H-,53,56,57,58)/b45-43+. The molecule has 0 spiro atoms. The summed E-state index contributed by atoms with van der Waals surface area (Å²) in [6, 6.07) is -0.881. The molecule has 3 atom stereocenters. The highest BCUT2D eigenvalue weighted by atomic mass is 31.2. The SMILES string of the molecule is CCCCCCCCCCCCCCCCCCC/C=C/C(O)C(COP(=O)([O-])OCC[N+](C)(C)C)NC(=O)CCCCCCCCCCCCCCCCCCCCCC. The predicted molar refractivity (Wildman–Crippen MR) is 261 cm³/mol. The molecule has 0 saturated heterocycles. The molecular weight excluding hydrogens is 780 g/mol. The number of phosphoric acid groups is 1. The molecule has 0 heterocycles. The van der Waals surface area contributed by atoms with E-state index >= 15 is 0 Å². The van der Waals surface area contributed by atoms with Crippen molar-refractivity contribution < 1.29 is 32.9 Å². The van der Waals surface area contributed by atoms with E-state index in [9.17, 15) is 19.4 Å². The van der Waals surface area contributed by atoms with Gasteiger partial charge in [-0.3, -0.25) is 9.36 Å². The normalized spacial score (nSPS) is 14.1. The van der Waals surface area contributed by atoms with E-state index in [1.165, 1.54) is 205 Å². The first-order valence-corrected chi connectivity index (χ1v) is 28.0. The Labute approximate surface area is 380 Å². The number of nitrogens with one attached hydrogen (secondary N) is 1. The third-order valence-electron chi connectivity index (χ3n) is 12.2. The Hall–Kier alpha value is -0.760. The van der Waals surface area contributed by atoms with Crippen LogP contribution >= 0.6 is 7.82 Å². The average molecular weight is 885 g/mol. The third kappa shape index (κ3) is 47.0. The third-order valence-corrected chi connectivity index (χ3v) is 13.2. The van der Waals surface area contributed by atoms with Gasteiger partial charge in [0.2, 0.25) is 5.91 Å². The molecule has 0 fully saturated rings. The molecule has 0 aliphatic carbocycles. The number of likely N-dealkylation sites (N-methyl/N-ethyl adjacent to an activating group) is 1. The highest BCUT2D eigenvalue weighted by Gasteiger charge is 2.23. The molecule has 0 aromatic carbocycles. The summed E-state index contributed by atoms with van der Waals surface area (Å²) in [7, 11) is 1.28. The second-order valence-corrected chi connectivity index (χ2v) is 21.0. The largest absolute Gasteiger partial charge is 0.756 e. The summed E-state index contributed by atoms with van der Waals surface area (Å²) in [6.45, 7) is 4.69. The Morgan fingerprint density at radius 3 is 1.23 bits per heavy atom. The van der Waals surface area contributed by atoms with Crippen LogP contribution in [0.5, 0.6) is 0 Å². The quantitative estimate of drug-likeness (QED) is 0.0273. The summed E-state index contributed by atoms with van der Waals surface area (Å²) >= 11 is 0. The summed E-state index contributed by atoms with van der Waals surface area (Å²) in [6.07, 6.45) is 52.6. The molecule has 0 saturated carbocycles. The van der Waals surface area contributed by atoms with Crippen molar-refractivity contribution in [1.29, 1.82) is 0 Å². The van der Waals surface area contributed by atoms with Crippen LogP contribution in [0.1, 0.15) is 264 Å². The fourth-order valence-electron chi connectivity index (χ4n) is 8.04. The minimum Gasteiger partial charge on any atom is -0.756 e. The van der Waals surface area contributed by atoms with Crippen LogP contribution in [0.4, 0.5) is 0 Å². The van der Waals surface area contributed by atoms with Crippen LogP contribution in [0, 0.1) is 0 Å². The number of amides is 1. The van der Waals surface area contributed by atoms with Gasteiger partial charge in [-0.05, 0) is 19.3 Å². The topological polar surface area (TPSA) is 108 Å². The molecular formula is C52H105N2O6P. The zero-order valence-electron chi connectivity index (χ0n) is 41.4. The molecule has 0 aromatic heterocycles. The van der Waals surface area contributed by atoms with E-state index in [2.05, 4.69) is 19.2 Å². The van der Waals surface area contributed by atoms with Gasteiger partial charge in [0.1, 0.15) is 13.2 Å². The van der Waals surface area contributed by atoms with Crippen LogP contribution in [0.15, 0.2) is 12.2 Å². The van der Waals surface area contributed by atoms with Crippen molar-refractivity contribution in [3.63, 3.8) is 0 Å². The van der Waals surface area contributed by atoms with Gasteiger partial charge in [0, 0.05) is 6.42 Å². The first-order valence-electron chi connectivity index (χ1n) is 26.6. The van der Waals surface area contributed by atoms with Crippen molar-refractivity contribution in [2.24, 2.45) is 0 Å². The molecule has 2 N–H and O–H groups in total. The smallest absolute Gasteiger partial charge is 0.268 e. The van der Waals surface area contributed by atoms with Crippen LogP contribution in [0.25, 0.3) is 0 Å². The van der Waals surface area contributed by atoms with Crippen molar-refractivity contribution in [3.05, 3.63) is 12.2 Å². The number of carbonyl (C=O) groups is 1. The van der Waals surface area contributed by atoms with Crippen LogP contribution in [0.2, 0.25) is 0 Å². The molecule has 0 radical (unpaired) electrons. The molecule has 0 bridgehead atoms. The number of rotatable bonds is 49. The number of hydrogen-bond acceptors (Lipinski definition) is 6. The number of allylic oxidation sites excluding steroid dienone is 1. The first-order chi connectivity index (χ1) is 29.5. The number of nitrogens with zero attached hydrogens (tertiary/aromatic N) is 1. The summed E-state index contributed by atoms with van der Waals surface area (Å²) in [5.41, 5.74) is 0. The molecule has 9 heteroatoms. The maximum absolute atomic E-state index is 12.9. The molecule has 0 aliphatic rings. The lowest BCUT2D eigenvalue weighted by Crippen LogP contribution is -2.45. The molecule has 8 nitrogen and oxygen atoms in total. The number of carbonyl (C=O) groups excluding carboxylic acids is 1. The molecule has 0 aliphatic heterocycles. The maximum Gasteiger partial charge on any atom is 0.268 e. The lowest BCUT2D eigenvalue weighted by Gasteiger charge is -2.29. The highest BCUT2D eigenvalue weighted by Crippen LogP contribution is 2.38. The Kier molecular flexibility index (Phi) is 43.9. The zero-order chi connectivity index (χ0) is 45.0. The first kappa shape index (κ1) is 60.2. The Balaban J connectivity index is 4.26. The summed E-state index contributed by atoms with van der Waals surface area (Å²) < 4.78 is 23.3. The highest BCUT2D eigenvalue weighted by molar-refractivity contribution is 7.45.